The van der Waals surface area contributed by atoms with Crippen molar-refractivity contribution in [3.8, 4) is 0 Å². The maximum Gasteiger partial charge on any atom is 0.260 e. The summed E-state index contributed by atoms with van der Waals surface area (Å²) in [5, 5.41) is -0.137. The highest BCUT2D eigenvalue weighted by Gasteiger charge is 2.23. The van der Waals surface area contributed by atoms with Crippen LogP contribution in [-0.4, -0.2) is 24.3 Å². The van der Waals surface area contributed by atoms with E-state index in [9.17, 15) is 8.42 Å². The van der Waals surface area contributed by atoms with Crippen LogP contribution < -0.4 is 4.72 Å². The first-order chi connectivity index (χ1) is 8.42. The number of aromatic nitrogens is 2. The van der Waals surface area contributed by atoms with E-state index >= 15 is 0 Å². The van der Waals surface area contributed by atoms with Gasteiger partial charge < -0.3 is 0 Å². The molecule has 0 aliphatic heterocycles. The van der Waals surface area contributed by atoms with Gasteiger partial charge in [0, 0.05) is 17.2 Å². The Bertz CT molecular complexity index is 711. The fourth-order valence-corrected chi connectivity index (χ4v) is 3.42. The van der Waals surface area contributed by atoms with Crippen molar-refractivity contribution in [2.45, 2.75) is 5.03 Å². The Labute approximate surface area is 118 Å². The summed E-state index contributed by atoms with van der Waals surface area (Å²) in [6.45, 7) is 3.64. The highest BCUT2D eigenvalue weighted by molar-refractivity contribution is 9.11. The van der Waals surface area contributed by atoms with Crippen molar-refractivity contribution < 1.29 is 8.42 Å². The second-order valence-corrected chi connectivity index (χ2v) is 6.64. The van der Waals surface area contributed by atoms with E-state index in [1.165, 1.54) is 4.40 Å². The Morgan fingerprint density at radius 3 is 2.94 bits per heavy atom. The number of hydrogen-bond donors (Lipinski definition) is 1. The zero-order valence-electron chi connectivity index (χ0n) is 9.10. The van der Waals surface area contributed by atoms with Crippen molar-refractivity contribution >= 4 is 43.2 Å². The number of pyridine rings is 1. The number of fused-ring (bicyclic) bond motifs is 1. The molecule has 0 atom stereocenters. The number of rotatable bonds is 4. The van der Waals surface area contributed by atoms with E-state index in [2.05, 4.69) is 32.2 Å². The minimum Gasteiger partial charge on any atom is -0.288 e. The number of nitrogens with one attached hydrogen (secondary N) is 1. The van der Waals surface area contributed by atoms with Gasteiger partial charge in [-0.3, -0.25) is 4.40 Å². The number of imidazole rings is 1. The van der Waals surface area contributed by atoms with Crippen LogP contribution in [0.1, 0.15) is 0 Å². The maximum absolute atomic E-state index is 12.1. The van der Waals surface area contributed by atoms with Crippen molar-refractivity contribution in [3.05, 3.63) is 40.6 Å². The summed E-state index contributed by atoms with van der Waals surface area (Å²) in [7, 11) is -3.74. The van der Waals surface area contributed by atoms with E-state index in [4.69, 9.17) is 11.6 Å². The Hall–Kier alpha value is -0.890. The third kappa shape index (κ3) is 2.59. The molecular formula is C10H9BrClN3O2S. The van der Waals surface area contributed by atoms with Crippen LogP contribution in [0.4, 0.5) is 0 Å². The van der Waals surface area contributed by atoms with Crippen LogP contribution in [0.3, 0.4) is 0 Å². The van der Waals surface area contributed by atoms with Crippen LogP contribution in [0, 0.1) is 0 Å². The number of nitrogens with zero attached hydrogens (tertiary/aromatic N) is 2. The molecule has 5 nitrogen and oxygen atoms in total. The summed E-state index contributed by atoms with van der Waals surface area (Å²) in [5.41, 5.74) is 0.473. The highest BCUT2D eigenvalue weighted by atomic mass is 79.9. The van der Waals surface area contributed by atoms with Crippen LogP contribution in [0.2, 0.25) is 5.15 Å². The maximum atomic E-state index is 12.1. The first kappa shape index (κ1) is 13.5. The summed E-state index contributed by atoms with van der Waals surface area (Å²) in [5.74, 6) is 0. The van der Waals surface area contributed by atoms with E-state index in [1.54, 1.807) is 24.4 Å². The zero-order valence-corrected chi connectivity index (χ0v) is 12.3. The van der Waals surface area contributed by atoms with E-state index in [1.807, 2.05) is 0 Å². The van der Waals surface area contributed by atoms with Crippen LogP contribution in [0.25, 0.3) is 5.65 Å². The molecule has 1 N–H and O–H groups in total. The molecule has 0 aromatic carbocycles. The summed E-state index contributed by atoms with van der Waals surface area (Å²) >= 11 is 8.96. The van der Waals surface area contributed by atoms with Crippen molar-refractivity contribution in [1.82, 2.24) is 14.1 Å². The van der Waals surface area contributed by atoms with Crippen LogP contribution in [0.5, 0.6) is 0 Å². The largest absolute Gasteiger partial charge is 0.288 e. The molecule has 2 aromatic heterocycles. The molecule has 2 aromatic rings. The van der Waals surface area contributed by atoms with E-state index in [0.717, 1.165) is 0 Å². The summed E-state index contributed by atoms with van der Waals surface area (Å²) in [6.07, 6.45) is 1.59. The van der Waals surface area contributed by atoms with Gasteiger partial charge in [-0.25, -0.2) is 18.1 Å². The second kappa shape index (κ2) is 5.00. The third-order valence-electron chi connectivity index (χ3n) is 2.15. The second-order valence-electron chi connectivity index (χ2n) is 3.48. The van der Waals surface area contributed by atoms with Gasteiger partial charge in [0.2, 0.25) is 0 Å². The number of halogens is 2. The SMILES string of the molecule is C=C(Br)CNS(=O)(=O)c1c(Cl)nc2ccccn12. The fraction of sp³-hybridized carbons (Fsp3) is 0.100. The molecule has 8 heteroatoms. The summed E-state index contributed by atoms with van der Waals surface area (Å²) in [6, 6.07) is 5.13. The Kier molecular flexibility index (Phi) is 3.76. The van der Waals surface area contributed by atoms with E-state index < -0.39 is 10.0 Å². The molecule has 0 bridgehead atoms. The lowest BCUT2D eigenvalue weighted by Gasteiger charge is -2.05. The fourth-order valence-electron chi connectivity index (χ4n) is 1.43. The van der Waals surface area contributed by atoms with Gasteiger partial charge in [-0.2, -0.15) is 0 Å². The molecular weight excluding hydrogens is 342 g/mol. The van der Waals surface area contributed by atoms with Crippen LogP contribution in [0.15, 0.2) is 40.5 Å². The van der Waals surface area contributed by atoms with E-state index in [0.29, 0.717) is 10.1 Å². The molecule has 2 heterocycles. The molecule has 0 aliphatic carbocycles. The Balaban J connectivity index is 2.53. The first-order valence-electron chi connectivity index (χ1n) is 4.87. The smallest absolute Gasteiger partial charge is 0.260 e. The molecule has 0 fully saturated rings. The normalized spacial score (nSPS) is 11.9. The van der Waals surface area contributed by atoms with E-state index in [-0.39, 0.29) is 16.7 Å². The van der Waals surface area contributed by atoms with Crippen LogP contribution >= 0.6 is 27.5 Å². The van der Waals surface area contributed by atoms with Gasteiger partial charge in [-0.1, -0.05) is 40.2 Å². The Morgan fingerprint density at radius 2 is 2.28 bits per heavy atom. The van der Waals surface area contributed by atoms with Gasteiger partial charge in [-0.05, 0) is 12.1 Å². The van der Waals surface area contributed by atoms with Crippen molar-refractivity contribution in [2.24, 2.45) is 0 Å². The first-order valence-corrected chi connectivity index (χ1v) is 7.53. The highest BCUT2D eigenvalue weighted by Crippen LogP contribution is 2.22. The van der Waals surface area contributed by atoms with Gasteiger partial charge in [0.1, 0.15) is 5.65 Å². The lowest BCUT2D eigenvalue weighted by molar-refractivity contribution is 0.580. The van der Waals surface area contributed by atoms with Gasteiger partial charge in [0.15, 0.2) is 10.2 Å². The van der Waals surface area contributed by atoms with Gasteiger partial charge in [-0.15, -0.1) is 0 Å². The lowest BCUT2D eigenvalue weighted by Crippen LogP contribution is -2.26. The average molecular weight is 351 g/mol. The molecule has 0 spiro atoms. The average Bonchev–Trinajstić information content (AvgIpc) is 2.63. The predicted molar refractivity (Wildman–Crippen MR) is 73.5 cm³/mol. The Morgan fingerprint density at radius 1 is 1.56 bits per heavy atom. The topological polar surface area (TPSA) is 63.5 Å². The monoisotopic (exact) mass is 349 g/mol. The molecule has 2 rings (SSSR count). The molecule has 18 heavy (non-hydrogen) atoms. The molecule has 0 saturated heterocycles. The van der Waals surface area contributed by atoms with Crippen molar-refractivity contribution in [1.29, 1.82) is 0 Å². The summed E-state index contributed by atoms with van der Waals surface area (Å²) < 4.78 is 28.5. The molecule has 0 amide bonds. The van der Waals surface area contributed by atoms with Gasteiger partial charge in [0.25, 0.3) is 10.0 Å². The van der Waals surface area contributed by atoms with Crippen LogP contribution in [-0.2, 0) is 10.0 Å². The van der Waals surface area contributed by atoms with Crippen molar-refractivity contribution in [3.63, 3.8) is 0 Å². The number of sulfonamides is 1. The molecule has 0 aliphatic rings. The summed E-state index contributed by atoms with van der Waals surface area (Å²) in [4.78, 5) is 3.98. The zero-order chi connectivity index (χ0) is 13.3. The minimum atomic E-state index is -3.74. The number of hydrogen-bond acceptors (Lipinski definition) is 3. The predicted octanol–water partition coefficient (Wildman–Crippen LogP) is 2.17. The quantitative estimate of drug-likeness (QED) is 0.919. The minimum absolute atomic E-state index is 0.0612. The van der Waals surface area contributed by atoms with Crippen molar-refractivity contribution in [2.75, 3.05) is 6.54 Å². The molecule has 0 unspecified atom stereocenters. The van der Waals surface area contributed by atoms with Gasteiger partial charge in [0.05, 0.1) is 0 Å². The lowest BCUT2D eigenvalue weighted by atomic mass is 10.5. The third-order valence-corrected chi connectivity index (χ3v) is 4.23. The molecule has 0 saturated carbocycles. The molecule has 0 radical (unpaired) electrons. The standard InChI is InChI=1S/C10H9BrClN3O2S/c1-7(11)6-13-18(16,17)10-9(12)14-8-4-2-3-5-15(8)10/h2-5,13H,1,6H2. The van der Waals surface area contributed by atoms with Gasteiger partial charge >= 0.3 is 0 Å². The molecule has 96 valence electrons.